The van der Waals surface area contributed by atoms with Gasteiger partial charge < -0.3 is 5.11 Å². The van der Waals surface area contributed by atoms with Gasteiger partial charge >= 0.3 is 0 Å². The number of aliphatic hydroxyl groups excluding tert-OH is 1. The van der Waals surface area contributed by atoms with E-state index >= 15 is 0 Å². The summed E-state index contributed by atoms with van der Waals surface area (Å²) in [5.41, 5.74) is 0. The third-order valence-corrected chi connectivity index (χ3v) is 4.06. The van der Waals surface area contributed by atoms with Crippen LogP contribution < -0.4 is 0 Å². The summed E-state index contributed by atoms with van der Waals surface area (Å²) in [7, 11) is 0. The van der Waals surface area contributed by atoms with Gasteiger partial charge in [0.1, 0.15) is 0 Å². The predicted molar refractivity (Wildman–Crippen MR) is 77.3 cm³/mol. The highest BCUT2D eigenvalue weighted by atomic mass is 16.2. The fraction of sp³-hybridized carbons (Fsp3) is 1.00. The van der Waals surface area contributed by atoms with Crippen LogP contribution in [0, 0.1) is 11.8 Å². The van der Waals surface area contributed by atoms with Crippen molar-refractivity contribution in [2.75, 3.05) is 6.61 Å². The summed E-state index contributed by atoms with van der Waals surface area (Å²) in [5, 5.41) is 8.90. The topological polar surface area (TPSA) is 20.2 Å². The SMILES string of the molecule is CCCCCCC(CC)CC(CC)CCCO. The van der Waals surface area contributed by atoms with Crippen LogP contribution in [0.4, 0.5) is 0 Å². The van der Waals surface area contributed by atoms with Crippen LogP contribution in [0.3, 0.4) is 0 Å². The zero-order valence-electron chi connectivity index (χ0n) is 12.4. The molecule has 0 rings (SSSR count). The Morgan fingerprint density at radius 1 is 0.765 bits per heavy atom. The predicted octanol–water partition coefficient (Wildman–Crippen LogP) is 5.17. The Bertz CT molecular complexity index is 144. The summed E-state index contributed by atoms with van der Waals surface area (Å²) in [6.07, 6.45) is 13.2. The van der Waals surface area contributed by atoms with Crippen LogP contribution in [0.15, 0.2) is 0 Å². The van der Waals surface area contributed by atoms with Crippen molar-refractivity contribution in [1.29, 1.82) is 0 Å². The van der Waals surface area contributed by atoms with Crippen molar-refractivity contribution in [3.63, 3.8) is 0 Å². The van der Waals surface area contributed by atoms with Crippen molar-refractivity contribution in [3.8, 4) is 0 Å². The van der Waals surface area contributed by atoms with Gasteiger partial charge in [0.25, 0.3) is 0 Å². The van der Waals surface area contributed by atoms with E-state index in [1.807, 2.05) is 0 Å². The largest absolute Gasteiger partial charge is 0.396 e. The van der Waals surface area contributed by atoms with E-state index in [9.17, 15) is 0 Å². The number of unbranched alkanes of at least 4 members (excludes halogenated alkanes) is 3. The average Bonchev–Trinajstić information content (AvgIpc) is 2.37. The van der Waals surface area contributed by atoms with Gasteiger partial charge in [-0.1, -0.05) is 65.7 Å². The summed E-state index contributed by atoms with van der Waals surface area (Å²) in [6.45, 7) is 7.28. The normalized spacial score (nSPS) is 14.8. The molecule has 0 amide bonds. The van der Waals surface area contributed by atoms with Crippen molar-refractivity contribution in [2.45, 2.75) is 85.0 Å². The summed E-state index contributed by atoms with van der Waals surface area (Å²) in [6, 6.07) is 0. The highest BCUT2D eigenvalue weighted by Crippen LogP contribution is 2.26. The molecule has 104 valence electrons. The van der Waals surface area contributed by atoms with E-state index in [4.69, 9.17) is 5.11 Å². The summed E-state index contributed by atoms with van der Waals surface area (Å²) in [5.74, 6) is 1.77. The van der Waals surface area contributed by atoms with Crippen LogP contribution >= 0.6 is 0 Å². The van der Waals surface area contributed by atoms with Crippen LogP contribution in [-0.2, 0) is 0 Å². The quantitative estimate of drug-likeness (QED) is 0.468. The van der Waals surface area contributed by atoms with Crippen LogP contribution in [0.2, 0.25) is 0 Å². The molecule has 2 unspecified atom stereocenters. The first kappa shape index (κ1) is 17.0. The van der Waals surface area contributed by atoms with Crippen molar-refractivity contribution >= 4 is 0 Å². The fourth-order valence-electron chi connectivity index (χ4n) is 2.69. The Balaban J connectivity index is 3.74. The Labute approximate surface area is 109 Å². The van der Waals surface area contributed by atoms with E-state index in [1.54, 1.807) is 0 Å². The fourth-order valence-corrected chi connectivity index (χ4v) is 2.69. The lowest BCUT2D eigenvalue weighted by Crippen LogP contribution is -2.09. The molecule has 0 spiro atoms. The van der Waals surface area contributed by atoms with Crippen LogP contribution in [0.1, 0.15) is 85.0 Å². The maximum Gasteiger partial charge on any atom is 0.0431 e. The monoisotopic (exact) mass is 242 g/mol. The van der Waals surface area contributed by atoms with Crippen molar-refractivity contribution in [1.82, 2.24) is 0 Å². The minimum atomic E-state index is 0.365. The molecule has 0 bridgehead atoms. The van der Waals surface area contributed by atoms with E-state index in [2.05, 4.69) is 20.8 Å². The second kappa shape index (κ2) is 12.4. The Hall–Kier alpha value is -0.0400. The van der Waals surface area contributed by atoms with E-state index < -0.39 is 0 Å². The Morgan fingerprint density at radius 2 is 1.35 bits per heavy atom. The molecular formula is C16H34O. The number of aliphatic hydroxyl groups is 1. The van der Waals surface area contributed by atoms with Gasteiger partial charge in [-0.15, -0.1) is 0 Å². The summed E-state index contributed by atoms with van der Waals surface area (Å²) >= 11 is 0. The molecule has 0 heterocycles. The van der Waals surface area contributed by atoms with Gasteiger partial charge in [-0.2, -0.15) is 0 Å². The molecule has 0 radical (unpaired) electrons. The lowest BCUT2D eigenvalue weighted by molar-refractivity contribution is 0.251. The molecule has 1 N–H and O–H groups in total. The van der Waals surface area contributed by atoms with Gasteiger partial charge in [0.2, 0.25) is 0 Å². The first-order chi connectivity index (χ1) is 8.28. The third-order valence-electron chi connectivity index (χ3n) is 4.06. The van der Waals surface area contributed by atoms with Gasteiger partial charge in [0, 0.05) is 6.61 Å². The third kappa shape index (κ3) is 9.64. The Kier molecular flexibility index (Phi) is 12.4. The molecule has 1 heteroatoms. The van der Waals surface area contributed by atoms with Crippen molar-refractivity contribution in [3.05, 3.63) is 0 Å². The molecule has 0 fully saturated rings. The zero-order valence-corrected chi connectivity index (χ0v) is 12.4. The first-order valence-electron chi connectivity index (χ1n) is 7.89. The van der Waals surface area contributed by atoms with Gasteiger partial charge in [0.05, 0.1) is 0 Å². The maximum atomic E-state index is 8.90. The van der Waals surface area contributed by atoms with E-state index in [0.29, 0.717) is 6.61 Å². The minimum Gasteiger partial charge on any atom is -0.396 e. The lowest BCUT2D eigenvalue weighted by atomic mass is 9.85. The molecule has 0 aliphatic carbocycles. The van der Waals surface area contributed by atoms with Crippen LogP contribution in [-0.4, -0.2) is 11.7 Å². The van der Waals surface area contributed by atoms with Crippen LogP contribution in [0.25, 0.3) is 0 Å². The Morgan fingerprint density at radius 3 is 1.82 bits per heavy atom. The molecule has 17 heavy (non-hydrogen) atoms. The maximum absolute atomic E-state index is 8.90. The smallest absolute Gasteiger partial charge is 0.0431 e. The second-order valence-electron chi connectivity index (χ2n) is 5.50. The highest BCUT2D eigenvalue weighted by Gasteiger charge is 2.13. The van der Waals surface area contributed by atoms with Gasteiger partial charge in [-0.3, -0.25) is 0 Å². The molecule has 0 aromatic heterocycles. The van der Waals surface area contributed by atoms with E-state index in [-0.39, 0.29) is 0 Å². The zero-order chi connectivity index (χ0) is 12.9. The molecule has 1 nitrogen and oxygen atoms in total. The molecule has 0 saturated heterocycles. The standard InChI is InChI=1S/C16H34O/c1-4-7-8-9-11-15(5-2)14-16(6-3)12-10-13-17/h15-17H,4-14H2,1-3H3. The molecule has 0 aromatic carbocycles. The molecule has 0 aliphatic rings. The average molecular weight is 242 g/mol. The number of rotatable bonds is 12. The molecule has 0 aliphatic heterocycles. The highest BCUT2D eigenvalue weighted by molar-refractivity contribution is 4.65. The molecule has 0 aromatic rings. The number of hydrogen-bond donors (Lipinski definition) is 1. The van der Waals surface area contributed by atoms with Crippen LogP contribution in [0.5, 0.6) is 0 Å². The van der Waals surface area contributed by atoms with E-state index in [0.717, 1.165) is 18.3 Å². The van der Waals surface area contributed by atoms with Crippen molar-refractivity contribution in [2.24, 2.45) is 11.8 Å². The summed E-state index contributed by atoms with van der Waals surface area (Å²) < 4.78 is 0. The first-order valence-corrected chi connectivity index (χ1v) is 7.89. The number of hydrogen-bond acceptors (Lipinski definition) is 1. The van der Waals surface area contributed by atoms with Gasteiger partial charge in [0.15, 0.2) is 0 Å². The molecule has 0 saturated carbocycles. The molecular weight excluding hydrogens is 208 g/mol. The second-order valence-corrected chi connectivity index (χ2v) is 5.50. The minimum absolute atomic E-state index is 0.365. The van der Waals surface area contributed by atoms with Gasteiger partial charge in [-0.05, 0) is 31.1 Å². The van der Waals surface area contributed by atoms with E-state index in [1.165, 1.54) is 57.8 Å². The summed E-state index contributed by atoms with van der Waals surface area (Å²) in [4.78, 5) is 0. The van der Waals surface area contributed by atoms with Crippen molar-refractivity contribution < 1.29 is 5.11 Å². The van der Waals surface area contributed by atoms with Gasteiger partial charge in [-0.25, -0.2) is 0 Å². The molecule has 2 atom stereocenters. The lowest BCUT2D eigenvalue weighted by Gasteiger charge is -2.21.